The van der Waals surface area contributed by atoms with Gasteiger partial charge >= 0.3 is 0 Å². The first-order valence-electron chi connectivity index (χ1n) is 10.3. The summed E-state index contributed by atoms with van der Waals surface area (Å²) in [5, 5.41) is 11.5. The highest BCUT2D eigenvalue weighted by Crippen LogP contribution is 2.43. The molecule has 6 heteroatoms. The summed E-state index contributed by atoms with van der Waals surface area (Å²) in [5.41, 5.74) is 1.47. The zero-order valence-electron chi connectivity index (χ0n) is 18.3. The molecule has 3 aromatic carbocycles. The molecule has 3 aromatic rings. The first kappa shape index (κ1) is 21.6. The maximum atomic E-state index is 13.4. The van der Waals surface area contributed by atoms with E-state index in [2.05, 4.69) is 0 Å². The molecule has 1 N–H and O–H groups in total. The minimum absolute atomic E-state index is 0.310. The number of fused-ring (bicyclic) bond motifs is 1. The molecule has 0 aromatic heterocycles. The van der Waals surface area contributed by atoms with Gasteiger partial charge in [0.25, 0.3) is 5.91 Å². The number of ketones is 1. The minimum Gasteiger partial charge on any atom is -0.493 e. The average molecular weight is 431 g/mol. The van der Waals surface area contributed by atoms with Gasteiger partial charge in [0.05, 0.1) is 32.9 Å². The smallest absolute Gasteiger partial charge is 0.264 e. The van der Waals surface area contributed by atoms with Crippen molar-refractivity contribution in [2.45, 2.75) is 25.5 Å². The minimum atomic E-state index is -1.94. The number of ether oxygens (including phenoxy) is 2. The molecule has 1 aliphatic heterocycles. The van der Waals surface area contributed by atoms with Crippen LogP contribution in [0.2, 0.25) is 0 Å². The molecule has 164 valence electrons. The molecule has 1 amide bonds. The second kappa shape index (κ2) is 8.48. The maximum Gasteiger partial charge on any atom is 0.264 e. The molecule has 1 unspecified atom stereocenters. The van der Waals surface area contributed by atoms with Gasteiger partial charge in [-0.3, -0.25) is 9.59 Å². The molecule has 4 rings (SSSR count). The quantitative estimate of drug-likeness (QED) is 0.572. The van der Waals surface area contributed by atoms with Gasteiger partial charge in [-0.05, 0) is 36.8 Å². The molecule has 32 heavy (non-hydrogen) atoms. The van der Waals surface area contributed by atoms with E-state index in [-0.39, 0.29) is 12.2 Å². The molecule has 0 fully saturated rings. The summed E-state index contributed by atoms with van der Waals surface area (Å²) in [7, 11) is 3.00. The van der Waals surface area contributed by atoms with E-state index in [4.69, 9.17) is 9.47 Å². The van der Waals surface area contributed by atoms with Gasteiger partial charge in [0, 0.05) is 11.1 Å². The molecule has 0 saturated carbocycles. The third-order valence-corrected chi connectivity index (χ3v) is 5.78. The number of carbonyl (C=O) groups is 2. The molecular weight excluding hydrogens is 406 g/mol. The molecule has 1 atom stereocenters. The summed E-state index contributed by atoms with van der Waals surface area (Å²) in [4.78, 5) is 28.1. The number of hydrogen-bond donors (Lipinski definition) is 1. The van der Waals surface area contributed by atoms with Crippen molar-refractivity contribution in [1.29, 1.82) is 0 Å². The Balaban J connectivity index is 1.66. The number of aliphatic hydroxyl groups is 1. The Labute approximate surface area is 187 Å². The number of benzene rings is 3. The van der Waals surface area contributed by atoms with Crippen molar-refractivity contribution in [3.63, 3.8) is 0 Å². The molecule has 1 aliphatic rings. The lowest BCUT2D eigenvalue weighted by molar-refractivity contribution is -0.136. The van der Waals surface area contributed by atoms with Crippen LogP contribution in [0.1, 0.15) is 33.5 Å². The van der Waals surface area contributed by atoms with Crippen molar-refractivity contribution < 1.29 is 24.2 Å². The predicted octanol–water partition coefficient (Wildman–Crippen LogP) is 4.02. The fourth-order valence-electron chi connectivity index (χ4n) is 4.17. The highest BCUT2D eigenvalue weighted by atomic mass is 16.5. The summed E-state index contributed by atoms with van der Waals surface area (Å²) in [6.45, 7) is 2.30. The number of aryl methyl sites for hydroxylation is 1. The Morgan fingerprint density at radius 2 is 1.72 bits per heavy atom. The number of carbonyl (C=O) groups excluding carboxylic acids is 2. The number of anilines is 1. The van der Waals surface area contributed by atoms with Crippen LogP contribution in [0.4, 0.5) is 5.69 Å². The van der Waals surface area contributed by atoms with Crippen molar-refractivity contribution in [3.8, 4) is 11.5 Å². The molecule has 0 saturated heterocycles. The van der Waals surface area contributed by atoms with Crippen molar-refractivity contribution >= 4 is 17.4 Å². The molecule has 0 aliphatic carbocycles. The first-order chi connectivity index (χ1) is 15.4. The third kappa shape index (κ3) is 3.74. The van der Waals surface area contributed by atoms with Crippen LogP contribution in [-0.4, -0.2) is 31.0 Å². The van der Waals surface area contributed by atoms with Gasteiger partial charge in [-0.2, -0.15) is 0 Å². The standard InChI is InChI=1S/C26H25NO5/c1-17-7-6-8-18(13-17)16-27-21-10-5-4-9-20(21)26(30,25(27)29)15-22(28)19-11-12-23(31-2)24(14-19)32-3/h4-14,30H,15-16H2,1-3H3. The average Bonchev–Trinajstić information content (AvgIpc) is 3.00. The fraction of sp³-hybridized carbons (Fsp3) is 0.231. The number of amides is 1. The topological polar surface area (TPSA) is 76.1 Å². The lowest BCUT2D eigenvalue weighted by atomic mass is 9.88. The second-order valence-electron chi connectivity index (χ2n) is 7.93. The number of nitrogens with zero attached hydrogens (tertiary/aromatic N) is 1. The van der Waals surface area contributed by atoms with E-state index in [1.165, 1.54) is 14.2 Å². The van der Waals surface area contributed by atoms with E-state index < -0.39 is 11.5 Å². The molecule has 6 nitrogen and oxygen atoms in total. The maximum absolute atomic E-state index is 13.4. The predicted molar refractivity (Wildman–Crippen MR) is 121 cm³/mol. The Hall–Kier alpha value is -3.64. The van der Waals surface area contributed by atoms with E-state index in [0.717, 1.165) is 11.1 Å². The van der Waals surface area contributed by atoms with Crippen molar-refractivity contribution in [1.82, 2.24) is 0 Å². The van der Waals surface area contributed by atoms with E-state index in [0.29, 0.717) is 34.9 Å². The monoisotopic (exact) mass is 431 g/mol. The highest BCUT2D eigenvalue weighted by Gasteiger charge is 2.50. The van der Waals surface area contributed by atoms with Gasteiger partial charge in [0.1, 0.15) is 0 Å². The van der Waals surface area contributed by atoms with Crippen LogP contribution in [0.15, 0.2) is 66.7 Å². The largest absolute Gasteiger partial charge is 0.493 e. The molecule has 0 spiro atoms. The van der Waals surface area contributed by atoms with E-state index in [1.807, 2.05) is 37.3 Å². The summed E-state index contributed by atoms with van der Waals surface area (Å²) in [5.74, 6) is 0.0296. The number of para-hydroxylation sites is 1. The van der Waals surface area contributed by atoms with Crippen LogP contribution in [0.5, 0.6) is 11.5 Å². The SMILES string of the molecule is COc1ccc(C(=O)CC2(O)C(=O)N(Cc3cccc(C)c3)c3ccccc32)cc1OC. The van der Waals surface area contributed by atoms with E-state index in [9.17, 15) is 14.7 Å². The van der Waals surface area contributed by atoms with Crippen LogP contribution in [0.3, 0.4) is 0 Å². The Bertz CT molecular complexity index is 1190. The van der Waals surface area contributed by atoms with Gasteiger partial charge in [-0.15, -0.1) is 0 Å². The number of rotatable bonds is 7. The van der Waals surface area contributed by atoms with Crippen LogP contribution >= 0.6 is 0 Å². The second-order valence-corrected chi connectivity index (χ2v) is 7.93. The van der Waals surface area contributed by atoms with E-state index >= 15 is 0 Å². The first-order valence-corrected chi connectivity index (χ1v) is 10.3. The number of methoxy groups -OCH3 is 2. The van der Waals surface area contributed by atoms with Crippen molar-refractivity contribution in [3.05, 3.63) is 89.0 Å². The summed E-state index contributed by atoms with van der Waals surface area (Å²) in [6, 6.07) is 19.7. The zero-order chi connectivity index (χ0) is 22.9. The summed E-state index contributed by atoms with van der Waals surface area (Å²) in [6.07, 6.45) is -0.372. The Morgan fingerprint density at radius 3 is 2.44 bits per heavy atom. The van der Waals surface area contributed by atoms with Gasteiger partial charge in [0.2, 0.25) is 0 Å². The van der Waals surface area contributed by atoms with Crippen molar-refractivity contribution in [2.75, 3.05) is 19.1 Å². The zero-order valence-corrected chi connectivity index (χ0v) is 18.3. The van der Waals surface area contributed by atoms with Gasteiger partial charge in [0.15, 0.2) is 22.9 Å². The van der Waals surface area contributed by atoms with Gasteiger partial charge in [-0.1, -0.05) is 48.0 Å². The van der Waals surface area contributed by atoms with Crippen LogP contribution < -0.4 is 14.4 Å². The van der Waals surface area contributed by atoms with Gasteiger partial charge in [-0.25, -0.2) is 0 Å². The third-order valence-electron chi connectivity index (χ3n) is 5.78. The van der Waals surface area contributed by atoms with Crippen LogP contribution in [0, 0.1) is 6.92 Å². The Morgan fingerprint density at radius 1 is 0.969 bits per heavy atom. The highest BCUT2D eigenvalue weighted by molar-refractivity contribution is 6.10. The van der Waals surface area contributed by atoms with E-state index in [1.54, 1.807) is 41.3 Å². The van der Waals surface area contributed by atoms with Crippen molar-refractivity contribution in [2.24, 2.45) is 0 Å². The molecule has 0 bridgehead atoms. The fourth-order valence-corrected chi connectivity index (χ4v) is 4.17. The molecule has 1 heterocycles. The normalized spacial score (nSPS) is 17.2. The summed E-state index contributed by atoms with van der Waals surface area (Å²) >= 11 is 0. The van der Waals surface area contributed by atoms with Gasteiger partial charge < -0.3 is 19.5 Å². The summed E-state index contributed by atoms with van der Waals surface area (Å²) < 4.78 is 10.5. The lowest BCUT2D eigenvalue weighted by Gasteiger charge is -2.23. The van der Waals surface area contributed by atoms with Crippen LogP contribution in [0.25, 0.3) is 0 Å². The molecular formula is C26H25NO5. The lowest BCUT2D eigenvalue weighted by Crippen LogP contribution is -2.41. The molecule has 0 radical (unpaired) electrons. The van der Waals surface area contributed by atoms with Crippen LogP contribution in [-0.2, 0) is 16.9 Å². The Kier molecular flexibility index (Phi) is 5.72. The number of hydrogen-bond acceptors (Lipinski definition) is 5. The number of Topliss-reactive ketones (excluding diaryl/α,β-unsaturated/α-hetero) is 1.